The van der Waals surface area contributed by atoms with E-state index in [2.05, 4.69) is 38.5 Å². The third kappa shape index (κ3) is 3.18. The molecular formula is C12H12BrClINO2. The standard InChI is InChI=1S/C12H12BrClINO2/c13-11-2-1-8(15)5-10(11)12(17)16-3-4-18-7-9(16)6-14/h1-2,5,9H,3-4,6-7H2. The highest BCUT2D eigenvalue weighted by atomic mass is 127. The highest BCUT2D eigenvalue weighted by Gasteiger charge is 2.28. The van der Waals surface area contributed by atoms with Crippen LogP contribution >= 0.6 is 50.1 Å². The number of ether oxygens (including phenoxy) is 1. The van der Waals surface area contributed by atoms with E-state index in [4.69, 9.17) is 16.3 Å². The number of alkyl halides is 1. The molecule has 1 amide bonds. The smallest absolute Gasteiger partial charge is 0.255 e. The maximum Gasteiger partial charge on any atom is 0.255 e. The lowest BCUT2D eigenvalue weighted by Gasteiger charge is -2.34. The average molecular weight is 444 g/mol. The van der Waals surface area contributed by atoms with E-state index in [1.807, 2.05) is 18.2 Å². The van der Waals surface area contributed by atoms with Crippen LogP contribution in [0.3, 0.4) is 0 Å². The summed E-state index contributed by atoms with van der Waals surface area (Å²) in [5.41, 5.74) is 0.680. The molecule has 1 unspecified atom stereocenters. The van der Waals surface area contributed by atoms with Crippen molar-refractivity contribution in [3.63, 3.8) is 0 Å². The van der Waals surface area contributed by atoms with Gasteiger partial charge >= 0.3 is 0 Å². The molecule has 0 spiro atoms. The number of halogens is 3. The summed E-state index contributed by atoms with van der Waals surface area (Å²) >= 11 is 11.5. The van der Waals surface area contributed by atoms with Crippen molar-refractivity contribution in [3.8, 4) is 0 Å². The van der Waals surface area contributed by atoms with Gasteiger partial charge in [0, 0.05) is 20.5 Å². The van der Waals surface area contributed by atoms with E-state index in [0.717, 1.165) is 8.04 Å². The first-order chi connectivity index (χ1) is 8.63. The molecule has 3 nitrogen and oxygen atoms in total. The largest absolute Gasteiger partial charge is 0.377 e. The van der Waals surface area contributed by atoms with E-state index in [9.17, 15) is 4.79 Å². The van der Waals surface area contributed by atoms with Gasteiger partial charge in [0.15, 0.2) is 0 Å². The van der Waals surface area contributed by atoms with Crippen LogP contribution in [-0.4, -0.2) is 42.5 Å². The molecule has 1 atom stereocenters. The summed E-state index contributed by atoms with van der Waals surface area (Å²) < 4.78 is 7.20. The normalized spacial score (nSPS) is 19.9. The summed E-state index contributed by atoms with van der Waals surface area (Å²) in [4.78, 5) is 14.3. The van der Waals surface area contributed by atoms with Crippen LogP contribution in [0.15, 0.2) is 22.7 Å². The average Bonchev–Trinajstić information content (AvgIpc) is 2.40. The van der Waals surface area contributed by atoms with Crippen molar-refractivity contribution in [1.29, 1.82) is 0 Å². The van der Waals surface area contributed by atoms with E-state index < -0.39 is 0 Å². The molecule has 0 radical (unpaired) electrons. The molecule has 1 fully saturated rings. The zero-order valence-electron chi connectivity index (χ0n) is 9.54. The van der Waals surface area contributed by atoms with Gasteiger partial charge in [-0.15, -0.1) is 11.6 Å². The van der Waals surface area contributed by atoms with Crippen molar-refractivity contribution >= 4 is 56.0 Å². The van der Waals surface area contributed by atoms with Crippen molar-refractivity contribution in [2.75, 3.05) is 25.6 Å². The van der Waals surface area contributed by atoms with Crippen LogP contribution in [0, 0.1) is 3.57 Å². The van der Waals surface area contributed by atoms with Gasteiger partial charge in [-0.25, -0.2) is 0 Å². The predicted octanol–water partition coefficient (Wildman–Crippen LogP) is 3.13. The third-order valence-corrected chi connectivity index (χ3v) is 4.54. The van der Waals surface area contributed by atoms with E-state index >= 15 is 0 Å². The van der Waals surface area contributed by atoms with Gasteiger partial charge in [-0.1, -0.05) is 0 Å². The summed E-state index contributed by atoms with van der Waals surface area (Å²) in [6.07, 6.45) is 0. The summed E-state index contributed by atoms with van der Waals surface area (Å²) in [7, 11) is 0. The van der Waals surface area contributed by atoms with E-state index in [1.165, 1.54) is 0 Å². The first-order valence-electron chi connectivity index (χ1n) is 5.53. The number of benzene rings is 1. The molecular weight excluding hydrogens is 432 g/mol. The van der Waals surface area contributed by atoms with Crippen LogP contribution in [-0.2, 0) is 4.74 Å². The van der Waals surface area contributed by atoms with Crippen molar-refractivity contribution in [3.05, 3.63) is 31.8 Å². The lowest BCUT2D eigenvalue weighted by molar-refractivity contribution is 0.00450. The van der Waals surface area contributed by atoms with Crippen molar-refractivity contribution in [2.24, 2.45) is 0 Å². The molecule has 6 heteroatoms. The van der Waals surface area contributed by atoms with Crippen LogP contribution in [0.1, 0.15) is 10.4 Å². The fourth-order valence-corrected chi connectivity index (χ4v) is 3.03. The second kappa shape index (κ2) is 6.54. The number of amides is 1. The van der Waals surface area contributed by atoms with Gasteiger partial charge < -0.3 is 9.64 Å². The van der Waals surface area contributed by atoms with Gasteiger partial charge in [0.05, 0.1) is 24.8 Å². The molecule has 0 saturated carbocycles. The Balaban J connectivity index is 2.26. The predicted molar refractivity (Wildman–Crippen MR) is 83.2 cm³/mol. The van der Waals surface area contributed by atoms with Crippen LogP contribution in [0.4, 0.5) is 0 Å². The Morgan fingerprint density at radius 1 is 1.61 bits per heavy atom. The minimum absolute atomic E-state index is 0.00865. The summed E-state index contributed by atoms with van der Waals surface area (Å²) in [6, 6.07) is 5.69. The Kier molecular flexibility index (Phi) is 5.29. The SMILES string of the molecule is O=C(c1cc(I)ccc1Br)N1CCOCC1CCl. The molecule has 1 saturated heterocycles. The van der Waals surface area contributed by atoms with Gasteiger partial charge in [-0.05, 0) is 56.7 Å². The topological polar surface area (TPSA) is 29.5 Å². The maximum atomic E-state index is 12.5. The minimum Gasteiger partial charge on any atom is -0.377 e. The molecule has 1 aliphatic rings. The molecule has 0 N–H and O–H groups in total. The molecule has 0 aromatic heterocycles. The Hall–Kier alpha value is 0.150. The molecule has 0 aliphatic carbocycles. The number of hydrogen-bond acceptors (Lipinski definition) is 2. The molecule has 2 rings (SSSR count). The quantitative estimate of drug-likeness (QED) is 0.518. The number of nitrogens with zero attached hydrogens (tertiary/aromatic N) is 1. The number of carbonyl (C=O) groups excluding carboxylic acids is 1. The molecule has 1 aliphatic heterocycles. The first kappa shape index (κ1) is 14.6. The summed E-state index contributed by atoms with van der Waals surface area (Å²) in [6.45, 7) is 1.67. The fraction of sp³-hybridized carbons (Fsp3) is 0.417. The van der Waals surface area contributed by atoms with Gasteiger partial charge in [0.1, 0.15) is 0 Å². The van der Waals surface area contributed by atoms with Gasteiger partial charge in [-0.3, -0.25) is 4.79 Å². The molecule has 0 bridgehead atoms. The second-order valence-electron chi connectivity index (χ2n) is 4.01. The van der Waals surface area contributed by atoms with E-state index in [-0.39, 0.29) is 11.9 Å². The van der Waals surface area contributed by atoms with Crippen molar-refractivity contribution < 1.29 is 9.53 Å². The van der Waals surface area contributed by atoms with Crippen LogP contribution < -0.4 is 0 Å². The van der Waals surface area contributed by atoms with Gasteiger partial charge in [-0.2, -0.15) is 0 Å². The van der Waals surface area contributed by atoms with Crippen molar-refractivity contribution in [2.45, 2.75) is 6.04 Å². The maximum absolute atomic E-state index is 12.5. The first-order valence-corrected chi connectivity index (χ1v) is 7.94. The number of hydrogen-bond donors (Lipinski definition) is 0. The van der Waals surface area contributed by atoms with Crippen LogP contribution in [0.25, 0.3) is 0 Å². The zero-order chi connectivity index (χ0) is 13.1. The molecule has 1 aromatic rings. The number of carbonyl (C=O) groups is 1. The van der Waals surface area contributed by atoms with Gasteiger partial charge in [0.2, 0.25) is 0 Å². The minimum atomic E-state index is -0.0438. The number of rotatable bonds is 2. The lowest BCUT2D eigenvalue weighted by atomic mass is 10.1. The highest BCUT2D eigenvalue weighted by Crippen LogP contribution is 2.23. The Morgan fingerprint density at radius 3 is 3.11 bits per heavy atom. The summed E-state index contributed by atoms with van der Waals surface area (Å²) in [5.74, 6) is 0.405. The van der Waals surface area contributed by atoms with Crippen molar-refractivity contribution in [1.82, 2.24) is 4.90 Å². The van der Waals surface area contributed by atoms with Crippen LogP contribution in [0.5, 0.6) is 0 Å². The number of morpholine rings is 1. The van der Waals surface area contributed by atoms with Gasteiger partial charge in [0.25, 0.3) is 5.91 Å². The monoisotopic (exact) mass is 443 g/mol. The second-order valence-corrected chi connectivity index (χ2v) is 6.41. The summed E-state index contributed by atoms with van der Waals surface area (Å²) in [5, 5.41) is 0. The zero-order valence-corrected chi connectivity index (χ0v) is 14.0. The Morgan fingerprint density at radius 2 is 2.39 bits per heavy atom. The highest BCUT2D eigenvalue weighted by molar-refractivity contribution is 14.1. The third-order valence-electron chi connectivity index (χ3n) is 2.83. The van der Waals surface area contributed by atoms with Crippen LogP contribution in [0.2, 0.25) is 0 Å². The lowest BCUT2D eigenvalue weighted by Crippen LogP contribution is -2.49. The molecule has 98 valence electrons. The molecule has 18 heavy (non-hydrogen) atoms. The molecule has 1 aromatic carbocycles. The fourth-order valence-electron chi connectivity index (χ4n) is 1.87. The Bertz CT molecular complexity index is 458. The van der Waals surface area contributed by atoms with E-state index in [1.54, 1.807) is 4.90 Å². The Labute approximate surface area is 133 Å². The molecule has 1 heterocycles. The van der Waals surface area contributed by atoms with E-state index in [0.29, 0.717) is 31.2 Å².